The summed E-state index contributed by atoms with van der Waals surface area (Å²) in [5.74, 6) is 0.306. The first-order valence-corrected chi connectivity index (χ1v) is 12.3. The fraction of sp³-hybridized carbons (Fsp3) is 0.286. The first-order chi connectivity index (χ1) is 16.7. The average Bonchev–Trinajstić information content (AvgIpc) is 3.54. The van der Waals surface area contributed by atoms with Gasteiger partial charge in [-0.3, -0.25) is 9.89 Å². The highest BCUT2D eigenvalue weighted by Gasteiger charge is 2.34. The van der Waals surface area contributed by atoms with Crippen molar-refractivity contribution in [3.63, 3.8) is 0 Å². The number of H-pyrrole nitrogens is 1. The van der Waals surface area contributed by atoms with Gasteiger partial charge in [0.25, 0.3) is 0 Å². The van der Waals surface area contributed by atoms with Crippen molar-refractivity contribution in [2.24, 2.45) is 16.6 Å². The minimum atomic E-state index is 0.249. The number of rotatable bonds is 8. The first-order valence-electron chi connectivity index (χ1n) is 11.9. The quantitative estimate of drug-likeness (QED) is 0.319. The Kier molecular flexibility index (Phi) is 7.05. The largest absolute Gasteiger partial charge is 0.346 e. The number of halogens is 1. The van der Waals surface area contributed by atoms with E-state index in [4.69, 9.17) is 22.3 Å². The van der Waals surface area contributed by atoms with Crippen LogP contribution in [0, 0.1) is 5.92 Å². The standard InChI is InChI=1S/C28H30ClN5/c29-25-16-32-28-24(13-14-31-28)26(25)27(33-19-30)22-11-12-23(15-22)34(17-20-7-3-1-4-8-20)18-21-9-5-2-6-10-21/h1-10,13-14,16,22-23H,11-12,15,17-19,30H2,(H,31,32)/t22?,23-/m0/s1. The number of pyridine rings is 1. The van der Waals surface area contributed by atoms with Crippen molar-refractivity contribution in [3.05, 3.63) is 101 Å². The number of nitrogens with two attached hydrogens (primary N) is 1. The molecule has 2 atom stereocenters. The third kappa shape index (κ3) is 4.92. The zero-order valence-corrected chi connectivity index (χ0v) is 20.0. The van der Waals surface area contributed by atoms with Gasteiger partial charge < -0.3 is 10.7 Å². The molecule has 1 unspecified atom stereocenters. The van der Waals surface area contributed by atoms with Crippen LogP contribution in [0.15, 0.2) is 84.1 Å². The molecule has 2 heterocycles. The van der Waals surface area contributed by atoms with E-state index in [1.54, 1.807) is 6.20 Å². The molecular formula is C28H30ClN5. The van der Waals surface area contributed by atoms with Crippen LogP contribution in [0.25, 0.3) is 11.0 Å². The van der Waals surface area contributed by atoms with E-state index in [0.29, 0.717) is 17.0 Å². The third-order valence-electron chi connectivity index (χ3n) is 6.82. The number of hydrogen-bond acceptors (Lipinski definition) is 4. The van der Waals surface area contributed by atoms with Gasteiger partial charge in [0.05, 0.1) is 11.7 Å². The van der Waals surface area contributed by atoms with Crippen LogP contribution < -0.4 is 5.73 Å². The molecule has 4 aromatic rings. The zero-order valence-electron chi connectivity index (χ0n) is 19.2. The Hall–Kier alpha value is -2.99. The van der Waals surface area contributed by atoms with E-state index < -0.39 is 0 Å². The van der Waals surface area contributed by atoms with Crippen LogP contribution in [0.2, 0.25) is 5.02 Å². The Morgan fingerprint density at radius 3 is 2.32 bits per heavy atom. The first kappa shape index (κ1) is 22.8. The second kappa shape index (κ2) is 10.5. The van der Waals surface area contributed by atoms with Gasteiger partial charge in [0.15, 0.2) is 0 Å². The summed E-state index contributed by atoms with van der Waals surface area (Å²) in [5.41, 5.74) is 11.4. The van der Waals surface area contributed by atoms with Crippen molar-refractivity contribution in [2.45, 2.75) is 38.4 Å². The van der Waals surface area contributed by atoms with Crippen molar-refractivity contribution >= 4 is 28.3 Å². The lowest BCUT2D eigenvalue weighted by Gasteiger charge is -2.29. The fourth-order valence-electron chi connectivity index (χ4n) is 5.24. The van der Waals surface area contributed by atoms with E-state index in [1.165, 1.54) is 11.1 Å². The number of aliphatic imine (C=N–C) groups is 1. The molecule has 2 aromatic heterocycles. The lowest BCUT2D eigenvalue weighted by Crippen LogP contribution is -2.33. The molecule has 0 spiro atoms. The summed E-state index contributed by atoms with van der Waals surface area (Å²) in [6.45, 7) is 2.10. The third-order valence-corrected chi connectivity index (χ3v) is 7.11. The minimum Gasteiger partial charge on any atom is -0.346 e. The molecule has 0 saturated heterocycles. The molecule has 3 N–H and O–H groups in total. The molecule has 5 rings (SSSR count). The molecule has 6 heteroatoms. The molecular weight excluding hydrogens is 442 g/mol. The number of hydrogen-bond donors (Lipinski definition) is 2. The number of nitrogens with zero attached hydrogens (tertiary/aromatic N) is 3. The maximum Gasteiger partial charge on any atom is 0.137 e. The van der Waals surface area contributed by atoms with Crippen LogP contribution in [0.5, 0.6) is 0 Å². The summed E-state index contributed by atoms with van der Waals surface area (Å²) < 4.78 is 0. The van der Waals surface area contributed by atoms with Gasteiger partial charge in [0, 0.05) is 54.1 Å². The van der Waals surface area contributed by atoms with Gasteiger partial charge in [-0.15, -0.1) is 0 Å². The molecule has 0 radical (unpaired) electrons. The SMILES string of the molecule is NCN=C(c1c(Cl)cnc2[nH]ccc12)C1CC[C@H](N(Cc2ccccc2)Cc2ccccc2)C1. The van der Waals surface area contributed by atoms with Crippen molar-refractivity contribution in [3.8, 4) is 0 Å². The van der Waals surface area contributed by atoms with Crippen LogP contribution >= 0.6 is 11.6 Å². The van der Waals surface area contributed by atoms with Crippen molar-refractivity contribution in [1.82, 2.24) is 14.9 Å². The molecule has 1 saturated carbocycles. The maximum atomic E-state index is 6.67. The Labute approximate surface area is 205 Å². The number of nitrogens with one attached hydrogen (secondary N) is 1. The van der Waals surface area contributed by atoms with Crippen molar-refractivity contribution < 1.29 is 0 Å². The monoisotopic (exact) mass is 471 g/mol. The lowest BCUT2D eigenvalue weighted by molar-refractivity contribution is 0.179. The Bertz CT molecular complexity index is 1210. The predicted molar refractivity (Wildman–Crippen MR) is 140 cm³/mol. The second-order valence-corrected chi connectivity index (χ2v) is 9.39. The Morgan fingerprint density at radius 2 is 1.68 bits per heavy atom. The highest BCUT2D eigenvalue weighted by molar-refractivity contribution is 6.36. The topological polar surface area (TPSA) is 70.3 Å². The minimum absolute atomic E-state index is 0.249. The van der Waals surface area contributed by atoms with Crippen LogP contribution in [0.3, 0.4) is 0 Å². The van der Waals surface area contributed by atoms with E-state index in [0.717, 1.165) is 54.7 Å². The summed E-state index contributed by atoms with van der Waals surface area (Å²) in [5, 5.41) is 1.64. The summed E-state index contributed by atoms with van der Waals surface area (Å²) in [7, 11) is 0. The van der Waals surface area contributed by atoms with Crippen LogP contribution in [0.4, 0.5) is 0 Å². The second-order valence-electron chi connectivity index (χ2n) is 8.99. The number of aromatic amines is 1. The van der Waals surface area contributed by atoms with Crippen molar-refractivity contribution in [2.75, 3.05) is 6.67 Å². The van der Waals surface area contributed by atoms with Crippen LogP contribution in [-0.4, -0.2) is 33.3 Å². The molecule has 0 aliphatic heterocycles. The van der Waals surface area contributed by atoms with E-state index in [1.807, 2.05) is 12.3 Å². The number of aromatic nitrogens is 2. The number of fused-ring (bicyclic) bond motifs is 1. The lowest BCUT2D eigenvalue weighted by atomic mass is 9.93. The molecule has 1 fully saturated rings. The van der Waals surface area contributed by atoms with Crippen molar-refractivity contribution in [1.29, 1.82) is 0 Å². The highest BCUT2D eigenvalue weighted by Crippen LogP contribution is 2.37. The molecule has 2 aromatic carbocycles. The fourth-order valence-corrected chi connectivity index (χ4v) is 5.49. The molecule has 1 aliphatic rings. The Morgan fingerprint density at radius 1 is 1.00 bits per heavy atom. The molecule has 1 aliphatic carbocycles. The summed E-state index contributed by atoms with van der Waals surface area (Å²) in [6, 6.07) is 24.0. The smallest absolute Gasteiger partial charge is 0.137 e. The van der Waals surface area contributed by atoms with Gasteiger partial charge in [0.2, 0.25) is 0 Å². The van der Waals surface area contributed by atoms with E-state index in [2.05, 4.69) is 75.5 Å². The van der Waals surface area contributed by atoms with E-state index in [9.17, 15) is 0 Å². The molecule has 34 heavy (non-hydrogen) atoms. The normalized spacial score (nSPS) is 18.7. The average molecular weight is 472 g/mol. The van der Waals surface area contributed by atoms with Crippen LogP contribution in [-0.2, 0) is 13.1 Å². The van der Waals surface area contributed by atoms with E-state index >= 15 is 0 Å². The van der Waals surface area contributed by atoms with Gasteiger partial charge in [-0.1, -0.05) is 72.3 Å². The van der Waals surface area contributed by atoms with E-state index in [-0.39, 0.29) is 6.67 Å². The molecule has 5 nitrogen and oxygen atoms in total. The number of benzene rings is 2. The van der Waals surface area contributed by atoms with Gasteiger partial charge in [0.1, 0.15) is 5.65 Å². The summed E-state index contributed by atoms with van der Waals surface area (Å²) in [4.78, 5) is 15.0. The summed E-state index contributed by atoms with van der Waals surface area (Å²) >= 11 is 6.67. The van der Waals surface area contributed by atoms with Gasteiger partial charge in [-0.05, 0) is 36.5 Å². The highest BCUT2D eigenvalue weighted by atomic mass is 35.5. The van der Waals surface area contributed by atoms with Crippen LogP contribution in [0.1, 0.15) is 36.0 Å². The van der Waals surface area contributed by atoms with Gasteiger partial charge in [-0.2, -0.15) is 0 Å². The van der Waals surface area contributed by atoms with Gasteiger partial charge >= 0.3 is 0 Å². The predicted octanol–water partition coefficient (Wildman–Crippen LogP) is 5.79. The zero-order chi connectivity index (χ0) is 23.3. The summed E-state index contributed by atoms with van der Waals surface area (Å²) in [6.07, 6.45) is 6.83. The molecule has 0 amide bonds. The van der Waals surface area contributed by atoms with Gasteiger partial charge in [-0.25, -0.2) is 4.98 Å². The Balaban J connectivity index is 1.42. The molecule has 174 valence electrons. The molecule has 0 bridgehead atoms. The maximum absolute atomic E-state index is 6.67.